The van der Waals surface area contributed by atoms with Crippen molar-refractivity contribution in [1.82, 2.24) is 0 Å². The largest absolute Gasteiger partial charge is 0.466 e. The Bertz CT molecular complexity index is 877. The fourth-order valence-electron chi connectivity index (χ4n) is 4.91. The Kier molecular flexibility index (Phi) is 3.50. The molecular weight excluding hydrogens is 400 g/mol. The van der Waals surface area contributed by atoms with Gasteiger partial charge in [0.15, 0.2) is 0 Å². The van der Waals surface area contributed by atoms with Crippen LogP contribution in [0.5, 0.6) is 0 Å². The van der Waals surface area contributed by atoms with E-state index in [1.165, 1.54) is 14.2 Å². The molecule has 4 bridgehead atoms. The van der Waals surface area contributed by atoms with Crippen LogP contribution in [-0.4, -0.2) is 42.7 Å². The first-order chi connectivity index (χ1) is 12.3. The lowest BCUT2D eigenvalue weighted by Crippen LogP contribution is -2.82. The van der Waals surface area contributed by atoms with E-state index in [0.29, 0.717) is 11.1 Å². The Morgan fingerprint density at radius 2 is 1.92 bits per heavy atom. The van der Waals surface area contributed by atoms with Crippen LogP contribution in [0, 0.1) is 5.41 Å². The van der Waals surface area contributed by atoms with Crippen molar-refractivity contribution < 1.29 is 23.8 Å². The molecule has 2 saturated heterocycles. The second-order valence-corrected chi connectivity index (χ2v) is 8.33. The predicted octanol–water partition coefficient (Wildman–Crippen LogP) is 2.69. The van der Waals surface area contributed by atoms with Gasteiger partial charge in [-0.3, -0.25) is 4.79 Å². The number of allylic oxidation sites excluding steroid dienone is 1. The lowest BCUT2D eigenvalue weighted by Gasteiger charge is -2.69. The zero-order valence-electron chi connectivity index (χ0n) is 14.8. The summed E-state index contributed by atoms with van der Waals surface area (Å²) in [5.74, 6) is -2.42. The summed E-state index contributed by atoms with van der Waals surface area (Å²) < 4.78 is 15.5. The molecule has 2 aliphatic heterocycles. The minimum atomic E-state index is -1.62. The molecule has 26 heavy (non-hydrogen) atoms. The maximum atomic E-state index is 13.6. The lowest BCUT2D eigenvalue weighted by atomic mass is 9.42. The topological polar surface area (TPSA) is 61.8 Å². The molecule has 2 heterocycles. The van der Waals surface area contributed by atoms with Crippen molar-refractivity contribution >= 4 is 27.7 Å². The van der Waals surface area contributed by atoms with Crippen LogP contribution < -0.4 is 0 Å². The van der Waals surface area contributed by atoms with Gasteiger partial charge in [-0.25, -0.2) is 4.79 Å². The summed E-state index contributed by atoms with van der Waals surface area (Å²) in [6.07, 6.45) is 1.67. The van der Waals surface area contributed by atoms with Crippen LogP contribution in [0.3, 0.4) is 0 Å². The maximum absolute atomic E-state index is 13.6. The number of benzene rings is 1. The molecule has 1 saturated carbocycles. The maximum Gasteiger partial charge on any atom is 0.334 e. The highest BCUT2D eigenvalue weighted by Crippen LogP contribution is 2.72. The van der Waals surface area contributed by atoms with Gasteiger partial charge in [0.05, 0.1) is 30.1 Å². The highest BCUT2D eigenvalue weighted by Gasteiger charge is 2.83. The van der Waals surface area contributed by atoms with E-state index >= 15 is 0 Å². The van der Waals surface area contributed by atoms with E-state index < -0.39 is 26.9 Å². The fourth-order valence-corrected chi connectivity index (χ4v) is 5.98. The van der Waals surface area contributed by atoms with Crippen LogP contribution in [0.1, 0.15) is 12.5 Å². The summed E-state index contributed by atoms with van der Waals surface area (Å²) >= 11 is 3.67. The Labute approximate surface area is 160 Å². The van der Waals surface area contributed by atoms with Crippen molar-refractivity contribution in [2.24, 2.45) is 5.41 Å². The summed E-state index contributed by atoms with van der Waals surface area (Å²) in [5.41, 5.74) is -0.114. The molecule has 5 aliphatic rings. The molecule has 0 N–H and O–H groups in total. The van der Waals surface area contributed by atoms with Gasteiger partial charge in [-0.1, -0.05) is 52.8 Å². The van der Waals surface area contributed by atoms with Gasteiger partial charge >= 0.3 is 5.97 Å². The van der Waals surface area contributed by atoms with Crippen LogP contribution in [-0.2, 0) is 29.2 Å². The normalized spacial score (nSPS) is 40.5. The predicted molar refractivity (Wildman–Crippen MR) is 97.8 cm³/mol. The SMILES string of the molecule is C=C1[C@@]2(C)C(C(=O)OC)=C[C@]3(Br)C(=O)[C@@]2(OC)OC[C@]13c1ccccc1. The first kappa shape index (κ1) is 17.6. The minimum Gasteiger partial charge on any atom is -0.466 e. The van der Waals surface area contributed by atoms with E-state index in [1.807, 2.05) is 30.3 Å². The number of carbonyl (C=O) groups is 2. The third-order valence-corrected chi connectivity index (χ3v) is 7.63. The molecule has 0 spiro atoms. The number of ketones is 1. The number of hydrogen-bond donors (Lipinski definition) is 0. The van der Waals surface area contributed by atoms with Crippen LogP contribution >= 0.6 is 15.9 Å². The summed E-state index contributed by atoms with van der Waals surface area (Å²) in [6.45, 7) is 6.32. The number of alkyl halides is 1. The highest BCUT2D eigenvalue weighted by molar-refractivity contribution is 9.10. The van der Waals surface area contributed by atoms with E-state index in [1.54, 1.807) is 13.0 Å². The Balaban J connectivity index is 2.11. The molecule has 1 aromatic carbocycles. The molecule has 1 aromatic rings. The molecule has 0 amide bonds. The molecule has 6 rings (SSSR count). The third kappa shape index (κ3) is 1.52. The van der Waals surface area contributed by atoms with Gasteiger partial charge < -0.3 is 14.2 Å². The van der Waals surface area contributed by atoms with Crippen molar-refractivity contribution in [3.8, 4) is 0 Å². The van der Waals surface area contributed by atoms with Crippen molar-refractivity contribution in [2.45, 2.75) is 22.5 Å². The van der Waals surface area contributed by atoms with Gasteiger partial charge in [-0.05, 0) is 24.1 Å². The minimum absolute atomic E-state index is 0.210. The summed E-state index contributed by atoms with van der Waals surface area (Å²) in [7, 11) is 2.73. The summed E-state index contributed by atoms with van der Waals surface area (Å²) in [5, 5.41) is 0. The van der Waals surface area contributed by atoms with Crippen LogP contribution in [0.4, 0.5) is 0 Å². The fraction of sp³-hybridized carbons (Fsp3) is 0.400. The molecule has 0 unspecified atom stereocenters. The van der Waals surface area contributed by atoms with Crippen molar-refractivity contribution in [1.29, 1.82) is 0 Å². The zero-order valence-corrected chi connectivity index (χ0v) is 16.4. The Morgan fingerprint density at radius 1 is 1.27 bits per heavy atom. The molecule has 0 aromatic heterocycles. The van der Waals surface area contributed by atoms with Gasteiger partial charge in [-0.15, -0.1) is 0 Å². The monoisotopic (exact) mass is 418 g/mol. The van der Waals surface area contributed by atoms with Crippen molar-refractivity contribution in [3.05, 3.63) is 59.7 Å². The summed E-state index contributed by atoms with van der Waals surface area (Å²) in [6, 6.07) is 9.62. The Hall–Kier alpha value is -1.76. The second-order valence-electron chi connectivity index (χ2n) is 7.07. The molecule has 4 atom stereocenters. The Morgan fingerprint density at radius 3 is 2.50 bits per heavy atom. The van der Waals surface area contributed by atoms with Crippen molar-refractivity contribution in [2.75, 3.05) is 20.8 Å². The van der Waals surface area contributed by atoms with E-state index in [9.17, 15) is 9.59 Å². The second kappa shape index (κ2) is 5.15. The summed E-state index contributed by atoms with van der Waals surface area (Å²) in [4.78, 5) is 26.1. The molecule has 136 valence electrons. The lowest BCUT2D eigenvalue weighted by molar-refractivity contribution is -0.294. The first-order valence-corrected chi connectivity index (χ1v) is 9.05. The van der Waals surface area contributed by atoms with Gasteiger partial charge in [0.1, 0.15) is 4.32 Å². The number of carbonyl (C=O) groups excluding carboxylic acids is 2. The van der Waals surface area contributed by atoms with Gasteiger partial charge in [-0.2, -0.15) is 0 Å². The average Bonchev–Trinajstić information content (AvgIpc) is 2.66. The first-order valence-electron chi connectivity index (χ1n) is 8.26. The molecule has 3 aliphatic carbocycles. The number of Topliss-reactive ketones (excluding diaryl/α,β-unsaturated/α-hetero) is 1. The van der Waals surface area contributed by atoms with E-state index in [2.05, 4.69) is 22.5 Å². The van der Waals surface area contributed by atoms with Gasteiger partial charge in [0, 0.05) is 7.11 Å². The molecular formula is C20H19BrO5. The average molecular weight is 419 g/mol. The third-order valence-electron chi connectivity index (χ3n) is 6.36. The number of rotatable bonds is 3. The molecule has 3 fully saturated rings. The van der Waals surface area contributed by atoms with Crippen LogP contribution in [0.15, 0.2) is 54.1 Å². The van der Waals surface area contributed by atoms with Crippen LogP contribution in [0.2, 0.25) is 0 Å². The van der Waals surface area contributed by atoms with Crippen molar-refractivity contribution in [3.63, 3.8) is 0 Å². The highest BCUT2D eigenvalue weighted by atomic mass is 79.9. The number of esters is 1. The number of methoxy groups -OCH3 is 2. The van der Waals surface area contributed by atoms with Gasteiger partial charge in [0.25, 0.3) is 0 Å². The van der Waals surface area contributed by atoms with E-state index in [4.69, 9.17) is 14.2 Å². The number of hydrogen-bond acceptors (Lipinski definition) is 5. The number of fused-ring (bicyclic) bond motifs is 1. The quantitative estimate of drug-likeness (QED) is 0.429. The zero-order chi connectivity index (χ0) is 19.0. The smallest absolute Gasteiger partial charge is 0.334 e. The van der Waals surface area contributed by atoms with Gasteiger partial charge in [0.2, 0.25) is 11.6 Å². The molecule has 0 radical (unpaired) electrons. The van der Waals surface area contributed by atoms with E-state index in [-0.39, 0.29) is 12.4 Å². The molecule has 5 nitrogen and oxygen atoms in total. The standard InChI is InChI=1S/C20H19BrO5/c1-12-17(2)14(15(22)24-3)10-19(21)16(23)20(17,25-4)26-11-18(12,19)13-8-6-5-7-9-13/h5-10H,1,11H2,2-4H3/t17-,18+,19-,20+/m0/s1. The van der Waals surface area contributed by atoms with Crippen LogP contribution in [0.25, 0.3) is 0 Å². The number of ether oxygens (including phenoxy) is 3. The number of halogens is 1. The van der Waals surface area contributed by atoms with E-state index in [0.717, 1.165) is 5.56 Å². The molecule has 6 heteroatoms.